The molecular formula is C16H21NO3. The van der Waals surface area contributed by atoms with Crippen LogP contribution < -0.4 is 4.74 Å². The molecule has 4 heteroatoms. The number of carbonyl (C=O) groups is 1. The van der Waals surface area contributed by atoms with E-state index in [1.54, 1.807) is 19.2 Å². The predicted octanol–water partition coefficient (Wildman–Crippen LogP) is 2.48. The lowest BCUT2D eigenvalue weighted by Crippen LogP contribution is -2.40. The van der Waals surface area contributed by atoms with E-state index < -0.39 is 0 Å². The third-order valence-corrected chi connectivity index (χ3v) is 4.66. The fourth-order valence-corrected chi connectivity index (χ4v) is 3.54. The normalized spacial score (nSPS) is 29.2. The number of fused-ring (bicyclic) bond motifs is 2. The molecule has 2 aliphatic rings. The Hall–Kier alpha value is -1.55. The number of carbonyl (C=O) groups excluding carboxylic acids is 1. The Morgan fingerprint density at radius 3 is 2.85 bits per heavy atom. The first-order valence-electron chi connectivity index (χ1n) is 7.26. The first-order valence-corrected chi connectivity index (χ1v) is 7.26. The van der Waals surface area contributed by atoms with Crippen LogP contribution in [0.2, 0.25) is 0 Å². The van der Waals surface area contributed by atoms with Gasteiger partial charge in [-0.25, -0.2) is 4.79 Å². The zero-order valence-electron chi connectivity index (χ0n) is 12.0. The number of para-hydroxylation sites is 1. The smallest absolute Gasteiger partial charge is 0.342 e. The average molecular weight is 275 g/mol. The van der Waals surface area contributed by atoms with Gasteiger partial charge in [0, 0.05) is 18.5 Å². The van der Waals surface area contributed by atoms with E-state index >= 15 is 0 Å². The molecule has 0 saturated carbocycles. The van der Waals surface area contributed by atoms with Crippen LogP contribution in [0, 0.1) is 0 Å². The van der Waals surface area contributed by atoms with Crippen LogP contribution in [0.5, 0.6) is 5.75 Å². The van der Waals surface area contributed by atoms with E-state index in [4.69, 9.17) is 9.47 Å². The Labute approximate surface area is 119 Å². The second-order valence-corrected chi connectivity index (χ2v) is 5.70. The molecule has 0 N–H and O–H groups in total. The Bertz CT molecular complexity index is 502. The minimum Gasteiger partial charge on any atom is -0.496 e. The van der Waals surface area contributed by atoms with Crippen LogP contribution in [-0.4, -0.2) is 43.2 Å². The molecule has 2 heterocycles. The van der Waals surface area contributed by atoms with Crippen molar-refractivity contribution < 1.29 is 14.3 Å². The van der Waals surface area contributed by atoms with E-state index in [9.17, 15) is 4.79 Å². The lowest BCUT2D eigenvalue weighted by atomic mass is 10.0. The second kappa shape index (κ2) is 5.44. The van der Waals surface area contributed by atoms with Crippen LogP contribution in [0.1, 0.15) is 36.0 Å². The van der Waals surface area contributed by atoms with Gasteiger partial charge >= 0.3 is 5.97 Å². The molecule has 2 bridgehead atoms. The zero-order chi connectivity index (χ0) is 14.1. The third-order valence-electron chi connectivity index (χ3n) is 4.66. The van der Waals surface area contributed by atoms with Gasteiger partial charge in [0.05, 0.1) is 7.11 Å². The molecule has 20 heavy (non-hydrogen) atoms. The van der Waals surface area contributed by atoms with Crippen LogP contribution in [0.25, 0.3) is 0 Å². The van der Waals surface area contributed by atoms with Gasteiger partial charge in [-0.2, -0.15) is 0 Å². The van der Waals surface area contributed by atoms with Crippen molar-refractivity contribution in [3.05, 3.63) is 29.8 Å². The monoisotopic (exact) mass is 275 g/mol. The van der Waals surface area contributed by atoms with Crippen molar-refractivity contribution in [2.45, 2.75) is 43.9 Å². The summed E-state index contributed by atoms with van der Waals surface area (Å²) in [5, 5.41) is 0. The van der Waals surface area contributed by atoms with Gasteiger partial charge in [0.15, 0.2) is 0 Å². The number of rotatable bonds is 3. The summed E-state index contributed by atoms with van der Waals surface area (Å²) in [6, 6.07) is 8.18. The number of ether oxygens (including phenoxy) is 2. The Morgan fingerprint density at radius 2 is 2.10 bits per heavy atom. The van der Waals surface area contributed by atoms with E-state index in [1.807, 2.05) is 12.1 Å². The Morgan fingerprint density at radius 1 is 1.30 bits per heavy atom. The van der Waals surface area contributed by atoms with E-state index in [1.165, 1.54) is 12.8 Å². The number of esters is 1. The lowest BCUT2D eigenvalue weighted by molar-refractivity contribution is 0.0194. The molecular weight excluding hydrogens is 254 g/mol. The van der Waals surface area contributed by atoms with Crippen molar-refractivity contribution in [3.63, 3.8) is 0 Å². The summed E-state index contributed by atoms with van der Waals surface area (Å²) in [5.41, 5.74) is 0.513. The van der Waals surface area contributed by atoms with Crippen LogP contribution in [0.3, 0.4) is 0 Å². The topological polar surface area (TPSA) is 38.8 Å². The molecule has 0 aliphatic carbocycles. The molecule has 0 unspecified atom stereocenters. The van der Waals surface area contributed by atoms with E-state index in [-0.39, 0.29) is 12.1 Å². The highest BCUT2D eigenvalue weighted by Crippen LogP contribution is 2.36. The number of nitrogens with zero attached hydrogens (tertiary/aromatic N) is 1. The summed E-state index contributed by atoms with van der Waals surface area (Å²) >= 11 is 0. The number of piperidine rings is 1. The summed E-state index contributed by atoms with van der Waals surface area (Å²) in [4.78, 5) is 14.7. The molecule has 4 nitrogen and oxygen atoms in total. The van der Waals surface area contributed by atoms with E-state index in [0.29, 0.717) is 23.4 Å². The van der Waals surface area contributed by atoms with Crippen molar-refractivity contribution in [3.8, 4) is 5.75 Å². The largest absolute Gasteiger partial charge is 0.496 e. The maximum absolute atomic E-state index is 12.4. The van der Waals surface area contributed by atoms with Gasteiger partial charge in [0.25, 0.3) is 0 Å². The molecule has 2 saturated heterocycles. The highest BCUT2D eigenvalue weighted by Gasteiger charge is 2.43. The van der Waals surface area contributed by atoms with Crippen molar-refractivity contribution >= 4 is 5.97 Å². The number of hydrogen-bond donors (Lipinski definition) is 0. The zero-order valence-corrected chi connectivity index (χ0v) is 12.0. The Balaban J connectivity index is 1.73. The molecule has 2 fully saturated rings. The molecule has 1 aromatic rings. The lowest BCUT2D eigenvalue weighted by Gasteiger charge is -2.31. The summed E-state index contributed by atoms with van der Waals surface area (Å²) in [6.45, 7) is 0. The SMILES string of the molecule is COc1ccccc1C(=O)O[C@H]1C[C@@H]2CCC[C@H]1N2C. The van der Waals surface area contributed by atoms with Crippen molar-refractivity contribution in [1.82, 2.24) is 4.90 Å². The molecule has 0 aromatic heterocycles. The minimum absolute atomic E-state index is 0.0184. The van der Waals surface area contributed by atoms with E-state index in [0.717, 1.165) is 12.8 Å². The quantitative estimate of drug-likeness (QED) is 0.794. The first kappa shape index (κ1) is 13.4. The van der Waals surface area contributed by atoms with Gasteiger partial charge in [-0.1, -0.05) is 18.6 Å². The molecule has 108 valence electrons. The van der Waals surface area contributed by atoms with Gasteiger partial charge < -0.3 is 9.47 Å². The molecule has 2 aliphatic heterocycles. The summed E-state index contributed by atoms with van der Waals surface area (Å²) in [6.07, 6.45) is 4.56. The van der Waals surface area contributed by atoms with Crippen LogP contribution in [-0.2, 0) is 4.74 Å². The average Bonchev–Trinajstić information content (AvgIpc) is 2.66. The van der Waals surface area contributed by atoms with Crippen molar-refractivity contribution in [2.75, 3.05) is 14.2 Å². The fraction of sp³-hybridized carbons (Fsp3) is 0.562. The number of likely N-dealkylation sites (N-methyl/N-ethyl adjacent to an activating group) is 1. The van der Waals surface area contributed by atoms with Crippen LogP contribution >= 0.6 is 0 Å². The highest BCUT2D eigenvalue weighted by atomic mass is 16.5. The second-order valence-electron chi connectivity index (χ2n) is 5.70. The summed E-state index contributed by atoms with van der Waals surface area (Å²) in [5.74, 6) is 0.306. The molecule has 0 radical (unpaired) electrons. The molecule has 1 aromatic carbocycles. The van der Waals surface area contributed by atoms with Gasteiger partial charge in [0.2, 0.25) is 0 Å². The Kier molecular flexibility index (Phi) is 3.66. The molecule has 3 rings (SSSR count). The fourth-order valence-electron chi connectivity index (χ4n) is 3.54. The van der Waals surface area contributed by atoms with Gasteiger partial charge in [-0.05, 0) is 32.0 Å². The maximum Gasteiger partial charge on any atom is 0.342 e. The summed E-state index contributed by atoms with van der Waals surface area (Å²) in [7, 11) is 3.72. The number of hydrogen-bond acceptors (Lipinski definition) is 4. The van der Waals surface area contributed by atoms with Gasteiger partial charge in [-0.3, -0.25) is 4.90 Å². The molecule has 3 atom stereocenters. The third kappa shape index (κ3) is 2.29. The van der Waals surface area contributed by atoms with E-state index in [2.05, 4.69) is 11.9 Å². The predicted molar refractivity (Wildman–Crippen MR) is 76.0 cm³/mol. The first-order chi connectivity index (χ1) is 9.70. The number of benzene rings is 1. The van der Waals surface area contributed by atoms with Crippen molar-refractivity contribution in [1.29, 1.82) is 0 Å². The van der Waals surface area contributed by atoms with Crippen molar-refractivity contribution in [2.24, 2.45) is 0 Å². The van der Waals surface area contributed by atoms with Crippen LogP contribution in [0.4, 0.5) is 0 Å². The highest BCUT2D eigenvalue weighted by molar-refractivity contribution is 5.92. The summed E-state index contributed by atoms with van der Waals surface area (Å²) < 4.78 is 11.0. The van der Waals surface area contributed by atoms with Crippen LogP contribution in [0.15, 0.2) is 24.3 Å². The molecule has 0 amide bonds. The standard InChI is InChI=1S/C16H21NO3/c1-17-11-6-5-8-13(17)15(10-11)20-16(18)12-7-3-4-9-14(12)19-2/h3-4,7,9,11,13,15H,5-6,8,10H2,1-2H3/t11-,13+,15-/m0/s1. The maximum atomic E-state index is 12.4. The van der Waals surface area contributed by atoms with Gasteiger partial charge in [-0.15, -0.1) is 0 Å². The van der Waals surface area contributed by atoms with Gasteiger partial charge in [0.1, 0.15) is 17.4 Å². The molecule has 0 spiro atoms. The minimum atomic E-state index is -0.270. The number of methoxy groups -OCH3 is 1.